The molecule has 1 N–H and O–H groups in total. The average molecular weight is 207 g/mol. The van der Waals surface area contributed by atoms with Crippen molar-refractivity contribution in [1.29, 1.82) is 0 Å². The second-order valence-corrected chi connectivity index (χ2v) is 4.07. The highest BCUT2D eigenvalue weighted by Gasteiger charge is 2.35. The zero-order valence-electron chi connectivity index (χ0n) is 9.19. The Labute approximate surface area is 90.3 Å². The first kappa shape index (κ1) is 10.6. The predicted octanol–water partition coefficient (Wildman–Crippen LogP) is 2.23. The molecule has 0 spiro atoms. The molecule has 0 aromatic heterocycles. The molecule has 82 valence electrons. The van der Waals surface area contributed by atoms with Crippen LogP contribution >= 0.6 is 0 Å². The van der Waals surface area contributed by atoms with Crippen LogP contribution in [0.2, 0.25) is 0 Å². The van der Waals surface area contributed by atoms with Gasteiger partial charge in [0.2, 0.25) is 0 Å². The van der Waals surface area contributed by atoms with Crippen molar-refractivity contribution in [1.82, 2.24) is 5.48 Å². The molecule has 0 amide bonds. The fraction of sp³-hybridized carbons (Fsp3) is 0.500. The fourth-order valence-electron chi connectivity index (χ4n) is 1.76. The van der Waals surface area contributed by atoms with Gasteiger partial charge < -0.3 is 4.74 Å². The molecule has 2 unspecified atom stereocenters. The van der Waals surface area contributed by atoms with E-state index in [1.54, 1.807) is 0 Å². The van der Waals surface area contributed by atoms with Gasteiger partial charge >= 0.3 is 0 Å². The molecule has 0 saturated carbocycles. The van der Waals surface area contributed by atoms with E-state index in [2.05, 4.69) is 17.6 Å². The van der Waals surface area contributed by atoms with E-state index in [9.17, 15) is 0 Å². The van der Waals surface area contributed by atoms with E-state index < -0.39 is 5.72 Å². The molecule has 1 fully saturated rings. The van der Waals surface area contributed by atoms with Gasteiger partial charge in [-0.25, -0.2) is 0 Å². The topological polar surface area (TPSA) is 30.5 Å². The van der Waals surface area contributed by atoms with Crippen LogP contribution < -0.4 is 5.48 Å². The zero-order chi connectivity index (χ0) is 10.7. The summed E-state index contributed by atoms with van der Waals surface area (Å²) >= 11 is 0. The second kappa shape index (κ2) is 4.31. The van der Waals surface area contributed by atoms with Gasteiger partial charge in [0, 0.05) is 6.42 Å². The number of hydrogen-bond donors (Lipinski definition) is 1. The van der Waals surface area contributed by atoms with Crippen molar-refractivity contribution in [3.8, 4) is 0 Å². The molecule has 3 nitrogen and oxygen atoms in total. The van der Waals surface area contributed by atoms with Gasteiger partial charge in [-0.2, -0.15) is 5.48 Å². The quantitative estimate of drug-likeness (QED) is 0.824. The summed E-state index contributed by atoms with van der Waals surface area (Å²) in [5, 5.41) is 0. The Morgan fingerprint density at radius 3 is 2.67 bits per heavy atom. The van der Waals surface area contributed by atoms with E-state index in [1.165, 1.54) is 5.56 Å². The lowest BCUT2D eigenvalue weighted by Crippen LogP contribution is -2.39. The summed E-state index contributed by atoms with van der Waals surface area (Å²) in [4.78, 5) is 5.32. The molecule has 1 aromatic carbocycles. The number of rotatable bonds is 3. The van der Waals surface area contributed by atoms with Crippen LogP contribution in [-0.2, 0) is 16.0 Å². The van der Waals surface area contributed by atoms with Crippen LogP contribution in [-0.4, -0.2) is 12.0 Å². The molecule has 1 aliphatic rings. The van der Waals surface area contributed by atoms with Crippen LogP contribution in [0.3, 0.4) is 0 Å². The molecule has 1 aliphatic heterocycles. The normalized spacial score (nSPS) is 30.7. The third kappa shape index (κ3) is 2.56. The highest BCUT2D eigenvalue weighted by atomic mass is 16.8. The van der Waals surface area contributed by atoms with E-state index in [0.717, 1.165) is 12.8 Å². The van der Waals surface area contributed by atoms with Crippen molar-refractivity contribution < 1.29 is 9.57 Å². The maximum absolute atomic E-state index is 5.77. The maximum atomic E-state index is 5.77. The van der Waals surface area contributed by atoms with Crippen molar-refractivity contribution >= 4 is 0 Å². The summed E-state index contributed by atoms with van der Waals surface area (Å²) in [5.74, 6) is 0. The Bertz CT molecular complexity index is 315. The van der Waals surface area contributed by atoms with Gasteiger partial charge in [-0.3, -0.25) is 4.84 Å². The first-order chi connectivity index (χ1) is 7.22. The minimum absolute atomic E-state index is 0.126. The fourth-order valence-corrected chi connectivity index (χ4v) is 1.76. The molecule has 3 heteroatoms. The lowest BCUT2D eigenvalue weighted by atomic mass is 10.1. The Balaban J connectivity index is 2.00. The first-order valence-electron chi connectivity index (χ1n) is 5.36. The van der Waals surface area contributed by atoms with Crippen molar-refractivity contribution in [2.24, 2.45) is 0 Å². The first-order valence-corrected chi connectivity index (χ1v) is 5.36. The number of benzene rings is 1. The van der Waals surface area contributed by atoms with Gasteiger partial charge in [0.25, 0.3) is 0 Å². The molecule has 15 heavy (non-hydrogen) atoms. The summed E-state index contributed by atoms with van der Waals surface area (Å²) in [6.07, 6.45) is 1.54. The Hall–Kier alpha value is -0.900. The smallest absolute Gasteiger partial charge is 0.179 e. The third-order valence-corrected chi connectivity index (χ3v) is 2.52. The lowest BCUT2D eigenvalue weighted by Gasteiger charge is -2.21. The van der Waals surface area contributed by atoms with E-state index in [-0.39, 0.29) is 6.29 Å². The highest BCUT2D eigenvalue weighted by Crippen LogP contribution is 2.23. The van der Waals surface area contributed by atoms with Gasteiger partial charge in [0.05, 0.1) is 0 Å². The summed E-state index contributed by atoms with van der Waals surface area (Å²) < 4.78 is 5.77. The molecule has 1 aromatic rings. The molecule has 2 rings (SSSR count). The van der Waals surface area contributed by atoms with Crippen LogP contribution in [0, 0.1) is 0 Å². The highest BCUT2D eigenvalue weighted by molar-refractivity contribution is 5.16. The van der Waals surface area contributed by atoms with E-state index in [4.69, 9.17) is 9.57 Å². The monoisotopic (exact) mass is 207 g/mol. The van der Waals surface area contributed by atoms with Crippen molar-refractivity contribution in [2.75, 3.05) is 0 Å². The van der Waals surface area contributed by atoms with Crippen molar-refractivity contribution in [2.45, 2.75) is 38.7 Å². The molecule has 0 bridgehead atoms. The minimum Gasteiger partial charge on any atom is -0.328 e. The van der Waals surface area contributed by atoms with E-state index >= 15 is 0 Å². The summed E-state index contributed by atoms with van der Waals surface area (Å²) in [5.41, 5.74) is 3.80. The predicted molar refractivity (Wildman–Crippen MR) is 57.9 cm³/mol. The summed E-state index contributed by atoms with van der Waals surface area (Å²) in [6, 6.07) is 10.3. The van der Waals surface area contributed by atoms with Gasteiger partial charge in [0.15, 0.2) is 6.29 Å². The Morgan fingerprint density at radius 2 is 2.07 bits per heavy atom. The number of hydrogen-bond acceptors (Lipinski definition) is 3. The molecule has 2 atom stereocenters. The Morgan fingerprint density at radius 1 is 1.33 bits per heavy atom. The van der Waals surface area contributed by atoms with Crippen LogP contribution in [0.4, 0.5) is 0 Å². The summed E-state index contributed by atoms with van der Waals surface area (Å²) in [7, 11) is 0. The lowest BCUT2D eigenvalue weighted by molar-refractivity contribution is -0.0865. The zero-order valence-corrected chi connectivity index (χ0v) is 9.19. The van der Waals surface area contributed by atoms with Gasteiger partial charge in [-0.1, -0.05) is 37.3 Å². The molecular formula is C12H17NO2. The van der Waals surface area contributed by atoms with Crippen LogP contribution in [0.1, 0.15) is 25.8 Å². The van der Waals surface area contributed by atoms with Gasteiger partial charge in [0.1, 0.15) is 5.72 Å². The number of ether oxygens (including phenoxy) is 1. The molecule has 0 aliphatic carbocycles. The van der Waals surface area contributed by atoms with E-state index in [0.29, 0.717) is 0 Å². The van der Waals surface area contributed by atoms with Crippen molar-refractivity contribution in [3.63, 3.8) is 0 Å². The SMILES string of the molecule is CCC1ONC(C)(Cc2ccccc2)O1. The third-order valence-electron chi connectivity index (χ3n) is 2.52. The van der Waals surface area contributed by atoms with Crippen LogP contribution in [0.25, 0.3) is 0 Å². The average Bonchev–Trinajstić information content (AvgIpc) is 2.61. The second-order valence-electron chi connectivity index (χ2n) is 4.07. The van der Waals surface area contributed by atoms with Crippen LogP contribution in [0.15, 0.2) is 30.3 Å². The standard InChI is InChI=1S/C12H17NO2/c1-3-11-14-12(2,13-15-11)9-10-7-5-4-6-8-10/h4-8,11,13H,3,9H2,1-2H3. The van der Waals surface area contributed by atoms with E-state index in [1.807, 2.05) is 32.0 Å². The molecule has 0 radical (unpaired) electrons. The number of hydroxylamine groups is 1. The molecule has 1 saturated heterocycles. The molecular weight excluding hydrogens is 190 g/mol. The van der Waals surface area contributed by atoms with Gasteiger partial charge in [-0.05, 0) is 18.9 Å². The largest absolute Gasteiger partial charge is 0.328 e. The van der Waals surface area contributed by atoms with Gasteiger partial charge in [-0.15, -0.1) is 0 Å². The van der Waals surface area contributed by atoms with Crippen LogP contribution in [0.5, 0.6) is 0 Å². The minimum atomic E-state index is -0.401. The molecule has 1 heterocycles. The van der Waals surface area contributed by atoms with Crippen molar-refractivity contribution in [3.05, 3.63) is 35.9 Å². The number of nitrogens with one attached hydrogen (secondary N) is 1. The summed E-state index contributed by atoms with van der Waals surface area (Å²) in [6.45, 7) is 4.05. The Kier molecular flexibility index (Phi) is 3.05. The maximum Gasteiger partial charge on any atom is 0.179 e.